The quantitative estimate of drug-likeness (QED) is 0.172. The lowest BCUT2D eigenvalue weighted by atomic mass is 9.81. The summed E-state index contributed by atoms with van der Waals surface area (Å²) in [5.41, 5.74) is 14.7. The first kappa shape index (κ1) is 29.3. The largest absolute Gasteiger partial charge is 0.456 e. The van der Waals surface area contributed by atoms with Crippen molar-refractivity contribution in [3.63, 3.8) is 0 Å². The molecule has 0 spiro atoms. The molecule has 0 N–H and O–H groups in total. The van der Waals surface area contributed by atoms with Gasteiger partial charge in [-0.05, 0) is 118 Å². The summed E-state index contributed by atoms with van der Waals surface area (Å²) in [5, 5.41) is 9.91. The average Bonchev–Trinajstić information content (AvgIpc) is 3.67. The van der Waals surface area contributed by atoms with Gasteiger partial charge >= 0.3 is 0 Å². The highest BCUT2D eigenvalue weighted by atomic mass is 16.3. The van der Waals surface area contributed by atoms with Crippen LogP contribution in [-0.2, 0) is 5.41 Å². The molecule has 11 rings (SSSR count). The molecule has 244 valence electrons. The van der Waals surface area contributed by atoms with Gasteiger partial charge in [0.15, 0.2) is 0 Å². The molecule has 0 amide bonds. The highest BCUT2D eigenvalue weighted by Crippen LogP contribution is 2.53. The molecular formula is C51H34O. The van der Waals surface area contributed by atoms with Crippen LogP contribution in [0.4, 0.5) is 0 Å². The van der Waals surface area contributed by atoms with E-state index in [1.54, 1.807) is 0 Å². The fraction of sp³-hybridized carbons (Fsp3) is 0.0588. The molecule has 1 heterocycles. The molecule has 10 aromatic rings. The minimum absolute atomic E-state index is 0.106. The fourth-order valence-electron chi connectivity index (χ4n) is 9.18. The molecule has 0 fully saturated rings. The lowest BCUT2D eigenvalue weighted by Gasteiger charge is -2.21. The molecule has 1 aliphatic rings. The lowest BCUT2D eigenvalue weighted by molar-refractivity contribution is 0.661. The van der Waals surface area contributed by atoms with Crippen LogP contribution >= 0.6 is 0 Å². The zero-order valence-corrected chi connectivity index (χ0v) is 29.1. The number of para-hydroxylation sites is 1. The molecule has 1 nitrogen and oxygen atoms in total. The maximum Gasteiger partial charge on any atom is 0.136 e. The van der Waals surface area contributed by atoms with Gasteiger partial charge in [-0.3, -0.25) is 0 Å². The van der Waals surface area contributed by atoms with Crippen LogP contribution in [0.25, 0.3) is 98.8 Å². The van der Waals surface area contributed by atoms with Crippen LogP contribution in [0.5, 0.6) is 0 Å². The van der Waals surface area contributed by atoms with Gasteiger partial charge in [0.2, 0.25) is 0 Å². The van der Waals surface area contributed by atoms with Gasteiger partial charge in [-0.2, -0.15) is 0 Å². The maximum absolute atomic E-state index is 6.30. The van der Waals surface area contributed by atoms with Crippen LogP contribution in [0.3, 0.4) is 0 Å². The normalized spacial score (nSPS) is 13.3. The van der Waals surface area contributed by atoms with Crippen LogP contribution in [0, 0.1) is 0 Å². The summed E-state index contributed by atoms with van der Waals surface area (Å²) < 4.78 is 6.30. The number of benzene rings is 9. The summed E-state index contributed by atoms with van der Waals surface area (Å²) in [6.45, 7) is 4.73. The summed E-state index contributed by atoms with van der Waals surface area (Å²) in [5.74, 6) is 0. The zero-order chi connectivity index (χ0) is 34.6. The van der Waals surface area contributed by atoms with Crippen molar-refractivity contribution in [2.24, 2.45) is 0 Å². The molecule has 0 bridgehead atoms. The van der Waals surface area contributed by atoms with Crippen molar-refractivity contribution in [3.05, 3.63) is 181 Å². The summed E-state index contributed by atoms with van der Waals surface area (Å²) in [4.78, 5) is 0. The van der Waals surface area contributed by atoms with Crippen molar-refractivity contribution in [3.8, 4) is 44.5 Å². The Balaban J connectivity index is 1.12. The number of rotatable bonds is 3. The first-order chi connectivity index (χ1) is 25.5. The molecule has 0 radical (unpaired) electrons. The Morgan fingerprint density at radius 2 is 0.923 bits per heavy atom. The Morgan fingerprint density at radius 3 is 1.65 bits per heavy atom. The first-order valence-corrected chi connectivity index (χ1v) is 18.2. The third kappa shape index (κ3) is 4.11. The lowest BCUT2D eigenvalue weighted by Crippen LogP contribution is -2.14. The van der Waals surface area contributed by atoms with Crippen molar-refractivity contribution in [2.75, 3.05) is 0 Å². The van der Waals surface area contributed by atoms with E-state index in [1.165, 1.54) is 93.3 Å². The first-order valence-electron chi connectivity index (χ1n) is 18.2. The van der Waals surface area contributed by atoms with E-state index in [1.807, 2.05) is 6.07 Å². The van der Waals surface area contributed by atoms with E-state index in [0.717, 1.165) is 16.6 Å². The Kier molecular flexibility index (Phi) is 6.08. The van der Waals surface area contributed by atoms with Crippen molar-refractivity contribution in [2.45, 2.75) is 19.3 Å². The predicted octanol–water partition coefficient (Wildman–Crippen LogP) is 14.4. The molecule has 1 aliphatic carbocycles. The molecule has 0 saturated heterocycles. The summed E-state index contributed by atoms with van der Waals surface area (Å²) in [6.07, 6.45) is 0. The van der Waals surface area contributed by atoms with Crippen LogP contribution in [0.1, 0.15) is 25.0 Å². The average molecular weight is 663 g/mol. The third-order valence-corrected chi connectivity index (χ3v) is 11.6. The monoisotopic (exact) mass is 662 g/mol. The van der Waals surface area contributed by atoms with Gasteiger partial charge in [0.1, 0.15) is 11.2 Å². The number of fused-ring (bicyclic) bond motifs is 10. The maximum atomic E-state index is 6.30. The topological polar surface area (TPSA) is 13.1 Å². The predicted molar refractivity (Wildman–Crippen MR) is 220 cm³/mol. The third-order valence-electron chi connectivity index (χ3n) is 11.6. The molecule has 0 atom stereocenters. The van der Waals surface area contributed by atoms with Gasteiger partial charge < -0.3 is 4.42 Å². The molecule has 1 heteroatoms. The van der Waals surface area contributed by atoms with Gasteiger partial charge in [0.05, 0.1) is 0 Å². The fourth-order valence-corrected chi connectivity index (χ4v) is 9.18. The molecule has 9 aromatic carbocycles. The van der Waals surface area contributed by atoms with E-state index in [0.29, 0.717) is 0 Å². The van der Waals surface area contributed by atoms with E-state index < -0.39 is 0 Å². The highest BCUT2D eigenvalue weighted by molar-refractivity contribution is 6.21. The van der Waals surface area contributed by atoms with E-state index in [2.05, 4.69) is 178 Å². The van der Waals surface area contributed by atoms with Crippen molar-refractivity contribution >= 4 is 54.3 Å². The minimum atomic E-state index is -0.106. The molecule has 1 aromatic heterocycles. The second-order valence-corrected chi connectivity index (χ2v) is 14.8. The van der Waals surface area contributed by atoms with E-state index in [9.17, 15) is 0 Å². The summed E-state index contributed by atoms with van der Waals surface area (Å²) >= 11 is 0. The molecule has 0 unspecified atom stereocenters. The second-order valence-electron chi connectivity index (χ2n) is 14.8. The van der Waals surface area contributed by atoms with Crippen LogP contribution in [-0.4, -0.2) is 0 Å². The number of furan rings is 1. The highest BCUT2D eigenvalue weighted by Gasteiger charge is 2.36. The van der Waals surface area contributed by atoms with Crippen LogP contribution in [0.2, 0.25) is 0 Å². The summed E-state index contributed by atoms with van der Waals surface area (Å²) in [7, 11) is 0. The van der Waals surface area contributed by atoms with Crippen LogP contribution < -0.4 is 0 Å². The molecule has 0 saturated carbocycles. The van der Waals surface area contributed by atoms with Gasteiger partial charge in [0.25, 0.3) is 0 Å². The Bertz CT molecular complexity index is 3030. The van der Waals surface area contributed by atoms with E-state index >= 15 is 0 Å². The number of hydrogen-bond acceptors (Lipinski definition) is 1. The van der Waals surface area contributed by atoms with Crippen LogP contribution in [0.15, 0.2) is 174 Å². The van der Waals surface area contributed by atoms with E-state index in [-0.39, 0.29) is 5.41 Å². The van der Waals surface area contributed by atoms with Crippen molar-refractivity contribution in [1.29, 1.82) is 0 Å². The smallest absolute Gasteiger partial charge is 0.136 e. The van der Waals surface area contributed by atoms with Crippen molar-refractivity contribution in [1.82, 2.24) is 0 Å². The van der Waals surface area contributed by atoms with Gasteiger partial charge in [-0.25, -0.2) is 0 Å². The minimum Gasteiger partial charge on any atom is -0.456 e. The van der Waals surface area contributed by atoms with Gasteiger partial charge in [-0.15, -0.1) is 0 Å². The Morgan fingerprint density at radius 1 is 0.346 bits per heavy atom. The summed E-state index contributed by atoms with van der Waals surface area (Å²) in [6, 6.07) is 62.5. The molecule has 0 aliphatic heterocycles. The molecular weight excluding hydrogens is 629 g/mol. The van der Waals surface area contributed by atoms with Gasteiger partial charge in [-0.1, -0.05) is 153 Å². The number of hydrogen-bond donors (Lipinski definition) is 0. The second kappa shape index (κ2) is 10.8. The SMILES string of the molecule is CC1(C)c2ccc(-c3cccc(-c4c5ccccc5c(-c5ccccc5)c5ccccc45)c3)cc2-c2c1ccc1cc3oc4ccccc4c3cc21. The van der Waals surface area contributed by atoms with Gasteiger partial charge in [0, 0.05) is 16.2 Å². The van der Waals surface area contributed by atoms with Crippen molar-refractivity contribution < 1.29 is 4.42 Å². The molecule has 52 heavy (non-hydrogen) atoms. The Hall–Kier alpha value is -6.44. The van der Waals surface area contributed by atoms with E-state index in [4.69, 9.17) is 4.42 Å². The standard InChI is InChI=1S/C51H34O/c1-51(2)44-25-23-33(28-43(44)50-41-30-42-36-17-10-11-22-46(36)52-47(42)29-34(41)24-26-45(50)51)32-15-12-16-35(27-32)49-39-20-8-6-18-37(39)48(31-13-4-3-5-14-31)38-19-7-9-21-40(38)49/h3-30H,1-2H3. The zero-order valence-electron chi connectivity index (χ0n) is 29.1. The Labute approximate surface area is 302 Å².